The Kier molecular flexibility index (Phi) is 8.27. The fourth-order valence-corrected chi connectivity index (χ4v) is 1.48. The summed E-state index contributed by atoms with van der Waals surface area (Å²) in [6.45, 7) is 4.30. The highest BCUT2D eigenvalue weighted by molar-refractivity contribution is 14.1. The number of nitrogens with zero attached hydrogens (tertiary/aromatic N) is 2. The van der Waals surface area contributed by atoms with Crippen LogP contribution in [0.3, 0.4) is 0 Å². The van der Waals surface area contributed by atoms with Crippen molar-refractivity contribution in [3.05, 3.63) is 21.9 Å². The van der Waals surface area contributed by atoms with E-state index >= 15 is 0 Å². The van der Waals surface area contributed by atoms with Crippen LogP contribution in [0, 0.1) is 0 Å². The van der Waals surface area contributed by atoms with E-state index in [0.29, 0.717) is 0 Å². The molecule has 0 atom stereocenters. The largest absolute Gasteiger partial charge is 0.370 e. The Morgan fingerprint density at radius 2 is 1.86 bits per heavy atom. The third-order valence-electron chi connectivity index (χ3n) is 1.89. The summed E-state index contributed by atoms with van der Waals surface area (Å²) < 4.78 is 1.29. The summed E-state index contributed by atoms with van der Waals surface area (Å²) in [5.41, 5.74) is 0. The predicted octanol–water partition coefficient (Wildman–Crippen LogP) is 2.72. The van der Waals surface area contributed by atoms with Crippen molar-refractivity contribution in [3.8, 4) is 0 Å². The molecule has 0 N–H and O–H groups in total. The molecule has 0 bridgehead atoms. The molecule has 0 aromatic carbocycles. The van der Waals surface area contributed by atoms with E-state index in [0.717, 1.165) is 13.1 Å². The smallest absolute Gasteiger partial charge is 0.0755 e. The molecule has 0 heterocycles. The molecule has 0 saturated heterocycles. The first-order chi connectivity index (χ1) is 6.57. The zero-order valence-electron chi connectivity index (χ0n) is 9.63. The number of hydrogen-bond acceptors (Lipinski definition) is 2. The molecular weight excluding hydrogens is 287 g/mol. The van der Waals surface area contributed by atoms with Crippen molar-refractivity contribution in [2.75, 3.05) is 34.2 Å². The summed E-state index contributed by atoms with van der Waals surface area (Å²) in [6.07, 6.45) is 7.46. The summed E-state index contributed by atoms with van der Waals surface area (Å²) >= 11 is 2.37. The van der Waals surface area contributed by atoms with Crippen LogP contribution in [0.1, 0.15) is 13.3 Å². The highest BCUT2D eigenvalue weighted by Crippen LogP contribution is 2.11. The molecule has 0 spiro atoms. The Balaban J connectivity index is 3.78. The van der Waals surface area contributed by atoms with Crippen LogP contribution in [-0.4, -0.2) is 44.0 Å². The van der Waals surface area contributed by atoms with Crippen LogP contribution in [0.25, 0.3) is 0 Å². The maximum atomic E-state index is 2.37. The lowest BCUT2D eigenvalue weighted by atomic mass is 10.4. The first kappa shape index (κ1) is 14.0. The summed E-state index contributed by atoms with van der Waals surface area (Å²) in [4.78, 5) is 4.50. The third kappa shape index (κ3) is 7.38. The lowest BCUT2D eigenvalue weighted by Gasteiger charge is -2.19. The summed E-state index contributed by atoms with van der Waals surface area (Å²) in [5.74, 6) is 0. The normalized spacial score (nSPS) is 12.9. The Hall–Kier alpha value is -0.0300. The minimum absolute atomic E-state index is 1.12. The van der Waals surface area contributed by atoms with Gasteiger partial charge in [-0.1, -0.05) is 12.2 Å². The topological polar surface area (TPSA) is 6.48 Å². The highest BCUT2D eigenvalue weighted by atomic mass is 127. The molecule has 0 radical (unpaired) electrons. The lowest BCUT2D eigenvalue weighted by Crippen LogP contribution is -2.21. The molecule has 0 aromatic rings. The molecule has 0 fully saturated rings. The van der Waals surface area contributed by atoms with E-state index in [2.05, 4.69) is 65.7 Å². The second-order valence-electron chi connectivity index (χ2n) is 3.59. The maximum absolute atomic E-state index is 2.37. The molecule has 82 valence electrons. The van der Waals surface area contributed by atoms with Crippen LogP contribution in [0.15, 0.2) is 21.9 Å². The molecule has 0 aliphatic rings. The van der Waals surface area contributed by atoms with Gasteiger partial charge in [0.15, 0.2) is 0 Å². The molecule has 0 amide bonds. The van der Waals surface area contributed by atoms with Gasteiger partial charge in [0, 0.05) is 13.6 Å². The lowest BCUT2D eigenvalue weighted by molar-refractivity contribution is 0.356. The first-order valence-corrected chi connectivity index (χ1v) is 6.00. The van der Waals surface area contributed by atoms with Gasteiger partial charge in [0.25, 0.3) is 0 Å². The van der Waals surface area contributed by atoms with Gasteiger partial charge in [0.05, 0.1) is 3.70 Å². The third-order valence-corrected chi connectivity index (χ3v) is 3.07. The van der Waals surface area contributed by atoms with E-state index in [-0.39, 0.29) is 0 Å². The van der Waals surface area contributed by atoms with Gasteiger partial charge in [0.1, 0.15) is 0 Å². The Morgan fingerprint density at radius 3 is 2.36 bits per heavy atom. The van der Waals surface area contributed by atoms with Crippen molar-refractivity contribution < 1.29 is 0 Å². The second kappa shape index (κ2) is 8.29. The van der Waals surface area contributed by atoms with Crippen molar-refractivity contribution in [1.82, 2.24) is 9.80 Å². The number of rotatable bonds is 6. The van der Waals surface area contributed by atoms with Crippen LogP contribution in [-0.2, 0) is 0 Å². The van der Waals surface area contributed by atoms with Crippen molar-refractivity contribution in [2.24, 2.45) is 0 Å². The zero-order chi connectivity index (χ0) is 11.0. The predicted molar refractivity (Wildman–Crippen MR) is 72.7 cm³/mol. The van der Waals surface area contributed by atoms with E-state index in [1.807, 2.05) is 13.0 Å². The van der Waals surface area contributed by atoms with Crippen LogP contribution in [0.4, 0.5) is 0 Å². The summed E-state index contributed by atoms with van der Waals surface area (Å²) in [5, 5.41) is 0. The highest BCUT2D eigenvalue weighted by Gasteiger charge is 1.99. The van der Waals surface area contributed by atoms with E-state index in [1.54, 1.807) is 0 Å². The van der Waals surface area contributed by atoms with Crippen molar-refractivity contribution in [2.45, 2.75) is 13.3 Å². The molecular formula is C11H21IN2. The van der Waals surface area contributed by atoms with Gasteiger partial charge in [0.2, 0.25) is 0 Å². The molecule has 0 aliphatic carbocycles. The fourth-order valence-electron chi connectivity index (χ4n) is 1.03. The van der Waals surface area contributed by atoms with Gasteiger partial charge in [-0.15, -0.1) is 0 Å². The molecule has 3 heteroatoms. The van der Waals surface area contributed by atoms with Crippen molar-refractivity contribution in [1.29, 1.82) is 0 Å². The minimum atomic E-state index is 1.12. The van der Waals surface area contributed by atoms with Crippen LogP contribution >= 0.6 is 22.6 Å². The SMILES string of the molecule is CC=CC=C(I)N(C)CCCN(C)C. The van der Waals surface area contributed by atoms with Crippen LogP contribution in [0.5, 0.6) is 0 Å². The van der Waals surface area contributed by atoms with Gasteiger partial charge < -0.3 is 9.80 Å². The molecule has 0 aliphatic heterocycles. The average molecular weight is 308 g/mol. The van der Waals surface area contributed by atoms with Crippen LogP contribution in [0.2, 0.25) is 0 Å². The van der Waals surface area contributed by atoms with Crippen molar-refractivity contribution >= 4 is 22.6 Å². The minimum Gasteiger partial charge on any atom is -0.370 e. The van der Waals surface area contributed by atoms with E-state index in [1.165, 1.54) is 10.1 Å². The Bertz CT molecular complexity index is 197. The van der Waals surface area contributed by atoms with E-state index in [4.69, 9.17) is 0 Å². The average Bonchev–Trinajstić information content (AvgIpc) is 2.13. The standard InChI is InChI=1S/C11H21IN2/c1-5-6-8-11(12)14(4)10-7-9-13(2)3/h5-6,8H,7,9-10H2,1-4H3. The van der Waals surface area contributed by atoms with Gasteiger partial charge in [-0.25, -0.2) is 0 Å². The van der Waals surface area contributed by atoms with Crippen molar-refractivity contribution in [3.63, 3.8) is 0 Å². The first-order valence-electron chi connectivity index (χ1n) is 4.92. The molecule has 0 saturated carbocycles. The molecule has 2 nitrogen and oxygen atoms in total. The molecule has 14 heavy (non-hydrogen) atoms. The van der Waals surface area contributed by atoms with Gasteiger partial charge in [-0.2, -0.15) is 0 Å². The Labute approximate surface area is 102 Å². The molecule has 0 rings (SSSR count). The van der Waals surface area contributed by atoms with E-state index < -0.39 is 0 Å². The maximum Gasteiger partial charge on any atom is 0.0755 e. The summed E-state index contributed by atoms with van der Waals surface area (Å²) in [6, 6.07) is 0. The van der Waals surface area contributed by atoms with E-state index in [9.17, 15) is 0 Å². The zero-order valence-corrected chi connectivity index (χ0v) is 11.8. The van der Waals surface area contributed by atoms with Gasteiger partial charge in [-0.05, 0) is 62.7 Å². The van der Waals surface area contributed by atoms with Crippen LogP contribution < -0.4 is 0 Å². The fraction of sp³-hybridized carbons (Fsp3) is 0.636. The van der Waals surface area contributed by atoms with Gasteiger partial charge in [-0.3, -0.25) is 0 Å². The summed E-state index contributed by atoms with van der Waals surface area (Å²) in [7, 11) is 6.36. The number of halogens is 1. The quantitative estimate of drug-likeness (QED) is 0.423. The Morgan fingerprint density at radius 1 is 1.21 bits per heavy atom. The molecule has 0 unspecified atom stereocenters. The van der Waals surface area contributed by atoms with Gasteiger partial charge >= 0.3 is 0 Å². The second-order valence-corrected chi connectivity index (χ2v) is 4.70. The molecule has 0 aromatic heterocycles. The monoisotopic (exact) mass is 308 g/mol. The number of hydrogen-bond donors (Lipinski definition) is 0. The number of allylic oxidation sites excluding steroid dienone is 3.